The standard InChI is InChI=1S/C32H54O/c1-8-20-33-26-16-18-31(6)25(21-26)12-13-27-29-15-14-28(32(29,7)19-17-30(27)31)23(5)10-11-24(9-2)22(3)4/h10-12,22-24,26-30H,8-9,13-21H2,1-7H3/b11-10+/t23-,24+,26-,27+,28+,29+,30+,31+,32-/m1/s1. The third-order valence-corrected chi connectivity index (χ3v) is 11.3. The Bertz CT molecular complexity index is 718. The Labute approximate surface area is 206 Å². The van der Waals surface area contributed by atoms with Crippen molar-refractivity contribution in [2.75, 3.05) is 6.61 Å². The van der Waals surface area contributed by atoms with Crippen LogP contribution in [0.2, 0.25) is 0 Å². The Morgan fingerprint density at radius 3 is 2.48 bits per heavy atom. The second kappa shape index (κ2) is 10.2. The van der Waals surface area contributed by atoms with Crippen molar-refractivity contribution in [1.82, 2.24) is 0 Å². The number of ether oxygens (including phenoxy) is 1. The van der Waals surface area contributed by atoms with Gasteiger partial charge in [0.25, 0.3) is 0 Å². The van der Waals surface area contributed by atoms with Crippen LogP contribution >= 0.6 is 0 Å². The SMILES string of the molecule is CCCO[C@@H]1CC[C@@]2(C)C(=CC[C@H]3[C@@H]4CC[C@@H]([C@H](C)/C=C/[C@H](CC)C(C)C)[C@@]4(C)CC[C@@H]32)C1. The van der Waals surface area contributed by atoms with Crippen LogP contribution in [0.4, 0.5) is 0 Å². The third kappa shape index (κ3) is 4.66. The molecule has 0 bridgehead atoms. The van der Waals surface area contributed by atoms with E-state index < -0.39 is 0 Å². The molecule has 9 atom stereocenters. The van der Waals surface area contributed by atoms with Crippen molar-refractivity contribution in [1.29, 1.82) is 0 Å². The minimum Gasteiger partial charge on any atom is -0.378 e. The zero-order valence-corrected chi connectivity index (χ0v) is 23.0. The summed E-state index contributed by atoms with van der Waals surface area (Å²) in [7, 11) is 0. The first-order valence-corrected chi connectivity index (χ1v) is 14.7. The van der Waals surface area contributed by atoms with E-state index in [1.807, 2.05) is 0 Å². The fourth-order valence-corrected chi connectivity index (χ4v) is 9.24. The fourth-order valence-electron chi connectivity index (χ4n) is 9.24. The molecule has 0 saturated heterocycles. The Kier molecular flexibility index (Phi) is 7.89. The van der Waals surface area contributed by atoms with E-state index in [4.69, 9.17) is 4.74 Å². The Morgan fingerprint density at radius 1 is 1.00 bits per heavy atom. The molecule has 4 aliphatic rings. The summed E-state index contributed by atoms with van der Waals surface area (Å²) in [4.78, 5) is 0. The molecule has 0 unspecified atom stereocenters. The lowest BCUT2D eigenvalue weighted by atomic mass is 9.47. The first-order valence-electron chi connectivity index (χ1n) is 14.7. The van der Waals surface area contributed by atoms with Crippen LogP contribution in [0.25, 0.3) is 0 Å². The quantitative estimate of drug-likeness (QED) is 0.332. The summed E-state index contributed by atoms with van der Waals surface area (Å²) in [6, 6.07) is 0. The second-order valence-corrected chi connectivity index (χ2v) is 13.3. The zero-order valence-electron chi connectivity index (χ0n) is 23.0. The van der Waals surface area contributed by atoms with Gasteiger partial charge in [-0.25, -0.2) is 0 Å². The fraction of sp³-hybridized carbons (Fsp3) is 0.875. The molecule has 0 heterocycles. The van der Waals surface area contributed by atoms with E-state index >= 15 is 0 Å². The maximum atomic E-state index is 6.20. The van der Waals surface area contributed by atoms with Crippen LogP contribution in [-0.4, -0.2) is 12.7 Å². The molecule has 0 aromatic carbocycles. The predicted molar refractivity (Wildman–Crippen MR) is 142 cm³/mol. The average Bonchev–Trinajstić information content (AvgIpc) is 3.15. The summed E-state index contributed by atoms with van der Waals surface area (Å²) in [5.41, 5.74) is 2.77. The van der Waals surface area contributed by atoms with Crippen molar-refractivity contribution >= 4 is 0 Å². The largest absolute Gasteiger partial charge is 0.378 e. The third-order valence-electron chi connectivity index (χ3n) is 11.3. The van der Waals surface area contributed by atoms with Gasteiger partial charge in [0, 0.05) is 6.61 Å². The van der Waals surface area contributed by atoms with Crippen molar-refractivity contribution in [3.63, 3.8) is 0 Å². The van der Waals surface area contributed by atoms with Gasteiger partial charge in [-0.1, -0.05) is 72.3 Å². The normalized spacial score (nSPS) is 42.5. The van der Waals surface area contributed by atoms with Gasteiger partial charge in [-0.15, -0.1) is 0 Å². The molecule has 0 N–H and O–H groups in total. The van der Waals surface area contributed by atoms with Crippen molar-refractivity contribution in [2.24, 2.45) is 52.3 Å². The minimum absolute atomic E-state index is 0.450. The van der Waals surface area contributed by atoms with Crippen molar-refractivity contribution in [3.8, 4) is 0 Å². The number of allylic oxidation sites excluding steroid dienone is 3. The summed E-state index contributed by atoms with van der Waals surface area (Å²) in [5, 5.41) is 0. The van der Waals surface area contributed by atoms with Crippen molar-refractivity contribution in [3.05, 3.63) is 23.8 Å². The maximum Gasteiger partial charge on any atom is 0.0612 e. The van der Waals surface area contributed by atoms with Gasteiger partial charge >= 0.3 is 0 Å². The highest BCUT2D eigenvalue weighted by atomic mass is 16.5. The maximum absolute atomic E-state index is 6.20. The van der Waals surface area contributed by atoms with Gasteiger partial charge in [-0.2, -0.15) is 0 Å². The van der Waals surface area contributed by atoms with Crippen molar-refractivity contribution < 1.29 is 4.74 Å². The smallest absolute Gasteiger partial charge is 0.0612 e. The summed E-state index contributed by atoms with van der Waals surface area (Å²) in [6.45, 7) is 18.2. The summed E-state index contributed by atoms with van der Waals surface area (Å²) in [5.74, 6) is 5.87. The molecular formula is C32H54O. The van der Waals surface area contributed by atoms with Gasteiger partial charge in [-0.3, -0.25) is 0 Å². The molecular weight excluding hydrogens is 400 g/mol. The Hall–Kier alpha value is -0.560. The molecule has 188 valence electrons. The Balaban J connectivity index is 1.48. The summed E-state index contributed by atoms with van der Waals surface area (Å²) in [6.07, 6.45) is 21.8. The average molecular weight is 455 g/mol. The topological polar surface area (TPSA) is 9.23 Å². The molecule has 0 radical (unpaired) electrons. The van der Waals surface area contributed by atoms with E-state index in [-0.39, 0.29) is 0 Å². The summed E-state index contributed by atoms with van der Waals surface area (Å²) < 4.78 is 6.20. The van der Waals surface area contributed by atoms with E-state index in [9.17, 15) is 0 Å². The highest BCUT2D eigenvalue weighted by Crippen LogP contribution is 2.67. The molecule has 1 nitrogen and oxygen atoms in total. The van der Waals surface area contributed by atoms with Crippen molar-refractivity contribution in [2.45, 2.75) is 119 Å². The van der Waals surface area contributed by atoms with E-state index in [0.29, 0.717) is 16.9 Å². The van der Waals surface area contributed by atoms with E-state index in [1.54, 1.807) is 5.57 Å². The van der Waals surface area contributed by atoms with Crippen LogP contribution in [-0.2, 0) is 4.74 Å². The van der Waals surface area contributed by atoms with Gasteiger partial charge in [0.05, 0.1) is 6.10 Å². The first-order chi connectivity index (χ1) is 15.7. The predicted octanol–water partition coefficient (Wildman–Crippen LogP) is 9.24. The molecule has 1 heteroatoms. The highest BCUT2D eigenvalue weighted by molar-refractivity contribution is 5.25. The van der Waals surface area contributed by atoms with Gasteiger partial charge in [0.1, 0.15) is 0 Å². The monoisotopic (exact) mass is 454 g/mol. The zero-order chi connectivity index (χ0) is 23.8. The van der Waals surface area contributed by atoms with Gasteiger partial charge in [0.2, 0.25) is 0 Å². The molecule has 33 heavy (non-hydrogen) atoms. The second-order valence-electron chi connectivity index (χ2n) is 13.3. The molecule has 4 rings (SSSR count). The molecule has 3 saturated carbocycles. The van der Waals surface area contributed by atoms with Gasteiger partial charge in [0.15, 0.2) is 0 Å². The first kappa shape index (κ1) is 25.5. The van der Waals surface area contributed by atoms with Crippen LogP contribution in [0.3, 0.4) is 0 Å². The highest BCUT2D eigenvalue weighted by Gasteiger charge is 2.59. The van der Waals surface area contributed by atoms with E-state index in [2.05, 4.69) is 66.7 Å². The molecule has 3 fully saturated rings. The van der Waals surface area contributed by atoms with Crippen LogP contribution in [0.15, 0.2) is 23.8 Å². The Morgan fingerprint density at radius 2 is 1.79 bits per heavy atom. The summed E-state index contributed by atoms with van der Waals surface area (Å²) >= 11 is 0. The van der Waals surface area contributed by atoms with Crippen LogP contribution in [0, 0.1) is 52.3 Å². The van der Waals surface area contributed by atoms with Crippen LogP contribution in [0.1, 0.15) is 113 Å². The van der Waals surface area contributed by atoms with Crippen LogP contribution < -0.4 is 0 Å². The molecule has 0 aromatic rings. The lowest BCUT2D eigenvalue weighted by molar-refractivity contribution is -0.0612. The number of rotatable bonds is 8. The van der Waals surface area contributed by atoms with E-state index in [1.165, 1.54) is 57.8 Å². The lowest BCUT2D eigenvalue weighted by Crippen LogP contribution is -2.50. The molecule has 4 aliphatic carbocycles. The number of hydrogen-bond acceptors (Lipinski definition) is 1. The van der Waals surface area contributed by atoms with Gasteiger partial charge in [-0.05, 0) is 116 Å². The molecule has 0 amide bonds. The minimum atomic E-state index is 0.450. The lowest BCUT2D eigenvalue weighted by Gasteiger charge is -2.58. The number of hydrogen-bond donors (Lipinski definition) is 0. The van der Waals surface area contributed by atoms with E-state index in [0.717, 1.165) is 54.5 Å². The molecule has 0 spiro atoms. The van der Waals surface area contributed by atoms with Gasteiger partial charge < -0.3 is 4.74 Å². The van der Waals surface area contributed by atoms with Crippen LogP contribution in [0.5, 0.6) is 0 Å². The number of fused-ring (bicyclic) bond motifs is 5. The molecule has 0 aliphatic heterocycles. The molecule has 0 aromatic heterocycles.